The van der Waals surface area contributed by atoms with Crippen LogP contribution in [-0.2, 0) is 0 Å². The minimum atomic E-state index is 0.112. The van der Waals surface area contributed by atoms with E-state index in [1.165, 1.54) is 11.1 Å². The number of ketones is 1. The van der Waals surface area contributed by atoms with Crippen molar-refractivity contribution in [2.24, 2.45) is 0 Å². The van der Waals surface area contributed by atoms with Crippen molar-refractivity contribution in [1.29, 1.82) is 0 Å². The number of benzene rings is 2. The topological polar surface area (TPSA) is 17.1 Å². The van der Waals surface area contributed by atoms with E-state index in [9.17, 15) is 4.79 Å². The van der Waals surface area contributed by atoms with Gasteiger partial charge in [-0.1, -0.05) is 72.3 Å². The van der Waals surface area contributed by atoms with E-state index in [0.29, 0.717) is 0 Å². The molecule has 0 fully saturated rings. The Bertz CT molecular complexity index is 701. The highest BCUT2D eigenvalue weighted by molar-refractivity contribution is 6.10. The summed E-state index contributed by atoms with van der Waals surface area (Å²) >= 11 is 0. The summed E-state index contributed by atoms with van der Waals surface area (Å²) in [6, 6.07) is 16.3. The van der Waals surface area contributed by atoms with Crippen LogP contribution in [0.3, 0.4) is 0 Å². The predicted octanol–water partition coefficient (Wildman–Crippen LogP) is 5.12. The van der Waals surface area contributed by atoms with E-state index in [1.807, 2.05) is 36.4 Å². The fraction of sp³-hybridized carbons (Fsp3) is 0.150. The number of hydrogen-bond donors (Lipinski definition) is 0. The fourth-order valence-corrected chi connectivity index (χ4v) is 2.51. The van der Waals surface area contributed by atoms with Gasteiger partial charge in [0.15, 0.2) is 5.78 Å². The van der Waals surface area contributed by atoms with Crippen LogP contribution < -0.4 is 0 Å². The molecule has 0 heterocycles. The molecule has 0 saturated carbocycles. The van der Waals surface area contributed by atoms with E-state index >= 15 is 0 Å². The summed E-state index contributed by atoms with van der Waals surface area (Å²) in [5, 5.41) is 0. The van der Waals surface area contributed by atoms with Crippen LogP contribution >= 0.6 is 0 Å². The zero-order valence-corrected chi connectivity index (χ0v) is 12.2. The smallest absolute Gasteiger partial charge is 0.192 e. The average molecular weight is 274 g/mol. The summed E-state index contributed by atoms with van der Waals surface area (Å²) in [5.41, 5.74) is 5.13. The van der Waals surface area contributed by atoms with E-state index in [4.69, 9.17) is 0 Å². The molecule has 2 aromatic rings. The van der Waals surface area contributed by atoms with Crippen molar-refractivity contribution in [3.05, 3.63) is 83.5 Å². The molecule has 0 aliphatic heterocycles. The Balaban J connectivity index is 1.84. The van der Waals surface area contributed by atoms with Gasteiger partial charge in [0.05, 0.1) is 0 Å². The lowest BCUT2D eigenvalue weighted by Crippen LogP contribution is -2.03. The average Bonchev–Trinajstić information content (AvgIpc) is 2.56. The van der Waals surface area contributed by atoms with Gasteiger partial charge in [-0.3, -0.25) is 4.79 Å². The second kappa shape index (κ2) is 5.92. The standard InChI is InChI=1S/C20H18O/c1-15-7-9-16(10-8-15)17-11-13-19(14-12-17)20(21)18-5-3-2-4-6-18/h3,5-14H,2,4H2,1H3. The maximum atomic E-state index is 12.4. The highest BCUT2D eigenvalue weighted by Crippen LogP contribution is 2.22. The van der Waals surface area contributed by atoms with Crippen LogP contribution in [0.15, 0.2) is 72.3 Å². The summed E-state index contributed by atoms with van der Waals surface area (Å²) in [4.78, 5) is 12.4. The monoisotopic (exact) mass is 274 g/mol. The van der Waals surface area contributed by atoms with Gasteiger partial charge < -0.3 is 0 Å². The number of rotatable bonds is 3. The highest BCUT2D eigenvalue weighted by atomic mass is 16.1. The molecule has 0 amide bonds. The number of hydrogen-bond acceptors (Lipinski definition) is 1. The Labute approximate surface area is 125 Å². The molecule has 2 aromatic carbocycles. The maximum Gasteiger partial charge on any atom is 0.192 e. The minimum Gasteiger partial charge on any atom is -0.289 e. The molecular formula is C20H18O. The van der Waals surface area contributed by atoms with Gasteiger partial charge in [0.25, 0.3) is 0 Å². The summed E-state index contributed by atoms with van der Waals surface area (Å²) in [7, 11) is 0. The zero-order valence-electron chi connectivity index (χ0n) is 12.2. The van der Waals surface area contributed by atoms with E-state index in [-0.39, 0.29) is 5.78 Å². The second-order valence-corrected chi connectivity index (χ2v) is 5.41. The first-order valence-electron chi connectivity index (χ1n) is 7.32. The first-order valence-corrected chi connectivity index (χ1v) is 7.32. The molecule has 3 rings (SSSR count). The molecule has 0 unspecified atom stereocenters. The molecule has 0 N–H and O–H groups in total. The number of carbonyl (C=O) groups excluding carboxylic acids is 1. The molecule has 0 spiro atoms. The van der Waals surface area contributed by atoms with Crippen molar-refractivity contribution in [3.63, 3.8) is 0 Å². The van der Waals surface area contributed by atoms with Crippen molar-refractivity contribution >= 4 is 5.78 Å². The first-order chi connectivity index (χ1) is 10.2. The van der Waals surface area contributed by atoms with Crippen molar-refractivity contribution in [1.82, 2.24) is 0 Å². The van der Waals surface area contributed by atoms with Crippen LogP contribution in [-0.4, -0.2) is 5.78 Å². The summed E-state index contributed by atoms with van der Waals surface area (Å²) in [5.74, 6) is 0.112. The number of carbonyl (C=O) groups is 1. The Hall–Kier alpha value is -2.41. The minimum absolute atomic E-state index is 0.112. The van der Waals surface area contributed by atoms with E-state index in [0.717, 1.165) is 29.5 Å². The lowest BCUT2D eigenvalue weighted by Gasteiger charge is -2.07. The zero-order chi connectivity index (χ0) is 14.7. The van der Waals surface area contributed by atoms with Crippen molar-refractivity contribution in [3.8, 4) is 11.1 Å². The third-order valence-corrected chi connectivity index (χ3v) is 3.79. The number of allylic oxidation sites excluding steroid dienone is 4. The summed E-state index contributed by atoms with van der Waals surface area (Å²) in [6.07, 6.45) is 8.01. The Kier molecular flexibility index (Phi) is 3.83. The second-order valence-electron chi connectivity index (χ2n) is 5.41. The highest BCUT2D eigenvalue weighted by Gasteiger charge is 2.11. The normalized spacial score (nSPS) is 13.9. The van der Waals surface area contributed by atoms with Crippen molar-refractivity contribution < 1.29 is 4.79 Å². The molecule has 0 saturated heterocycles. The number of Topliss-reactive ketones (excluding diaryl/α,β-unsaturated/α-hetero) is 1. The largest absolute Gasteiger partial charge is 0.289 e. The Morgan fingerprint density at radius 2 is 1.48 bits per heavy atom. The quantitative estimate of drug-likeness (QED) is 0.710. The van der Waals surface area contributed by atoms with Gasteiger partial charge >= 0.3 is 0 Å². The van der Waals surface area contributed by atoms with Gasteiger partial charge in [0, 0.05) is 11.1 Å². The van der Waals surface area contributed by atoms with Gasteiger partial charge in [-0.2, -0.15) is 0 Å². The van der Waals surface area contributed by atoms with Gasteiger partial charge in [-0.05, 0) is 30.9 Å². The van der Waals surface area contributed by atoms with Crippen LogP contribution in [0.25, 0.3) is 11.1 Å². The van der Waals surface area contributed by atoms with Crippen LogP contribution in [0.5, 0.6) is 0 Å². The van der Waals surface area contributed by atoms with E-state index in [2.05, 4.69) is 37.3 Å². The van der Waals surface area contributed by atoms with Gasteiger partial charge in [0.1, 0.15) is 0 Å². The SMILES string of the molecule is Cc1ccc(-c2ccc(C(=O)C3=CCCC=C3)cc2)cc1. The summed E-state index contributed by atoms with van der Waals surface area (Å²) in [6.45, 7) is 2.08. The third kappa shape index (κ3) is 3.03. The fourth-order valence-electron chi connectivity index (χ4n) is 2.51. The summed E-state index contributed by atoms with van der Waals surface area (Å²) < 4.78 is 0. The van der Waals surface area contributed by atoms with Crippen LogP contribution in [0.2, 0.25) is 0 Å². The lowest BCUT2D eigenvalue weighted by molar-refractivity contribution is 0.103. The molecule has 104 valence electrons. The molecule has 0 bridgehead atoms. The van der Waals surface area contributed by atoms with E-state index in [1.54, 1.807) is 0 Å². The van der Waals surface area contributed by atoms with Gasteiger partial charge in [-0.15, -0.1) is 0 Å². The molecule has 1 nitrogen and oxygen atoms in total. The lowest BCUT2D eigenvalue weighted by atomic mass is 9.96. The molecule has 0 atom stereocenters. The molecule has 0 radical (unpaired) electrons. The van der Waals surface area contributed by atoms with Crippen LogP contribution in [0.4, 0.5) is 0 Å². The van der Waals surface area contributed by atoms with Crippen molar-refractivity contribution in [2.75, 3.05) is 0 Å². The van der Waals surface area contributed by atoms with Gasteiger partial charge in [-0.25, -0.2) is 0 Å². The molecule has 21 heavy (non-hydrogen) atoms. The first kappa shape index (κ1) is 13.6. The molecule has 1 aliphatic carbocycles. The molecule has 1 heteroatoms. The maximum absolute atomic E-state index is 12.4. The van der Waals surface area contributed by atoms with Crippen molar-refractivity contribution in [2.45, 2.75) is 19.8 Å². The Morgan fingerprint density at radius 1 is 0.857 bits per heavy atom. The molecule has 0 aromatic heterocycles. The molecule has 1 aliphatic rings. The number of aryl methyl sites for hydroxylation is 1. The molecular weight excluding hydrogens is 256 g/mol. The predicted molar refractivity (Wildman–Crippen MR) is 87.4 cm³/mol. The Morgan fingerprint density at radius 3 is 2.05 bits per heavy atom. The third-order valence-electron chi connectivity index (χ3n) is 3.79. The van der Waals surface area contributed by atoms with E-state index < -0.39 is 0 Å². The van der Waals surface area contributed by atoms with Crippen LogP contribution in [0.1, 0.15) is 28.8 Å². The van der Waals surface area contributed by atoms with Gasteiger partial charge in [0.2, 0.25) is 0 Å². The van der Waals surface area contributed by atoms with Crippen LogP contribution in [0, 0.1) is 6.92 Å².